The van der Waals surface area contributed by atoms with Gasteiger partial charge < -0.3 is 16.0 Å². The van der Waals surface area contributed by atoms with Crippen molar-refractivity contribution in [3.05, 3.63) is 29.8 Å². The van der Waals surface area contributed by atoms with Crippen LogP contribution in [0.1, 0.15) is 24.8 Å². The van der Waals surface area contributed by atoms with Gasteiger partial charge in [-0.05, 0) is 43.9 Å². The van der Waals surface area contributed by atoms with E-state index in [1.165, 1.54) is 23.1 Å². The molecule has 2 amide bonds. The van der Waals surface area contributed by atoms with Crippen LogP contribution >= 0.6 is 23.1 Å². The van der Waals surface area contributed by atoms with Gasteiger partial charge in [0.15, 0.2) is 4.34 Å². The van der Waals surface area contributed by atoms with Crippen molar-refractivity contribution in [1.29, 1.82) is 0 Å². The van der Waals surface area contributed by atoms with E-state index in [1.807, 2.05) is 31.2 Å². The molecule has 0 radical (unpaired) electrons. The molecule has 2 heterocycles. The van der Waals surface area contributed by atoms with Gasteiger partial charge in [0.25, 0.3) is 0 Å². The van der Waals surface area contributed by atoms with Crippen LogP contribution in [0.25, 0.3) is 0 Å². The molecule has 1 aliphatic heterocycles. The van der Waals surface area contributed by atoms with Gasteiger partial charge in [0.05, 0.1) is 5.75 Å². The highest BCUT2D eigenvalue weighted by molar-refractivity contribution is 8.01. The van der Waals surface area contributed by atoms with E-state index in [-0.39, 0.29) is 11.7 Å². The molecule has 7 nitrogen and oxygen atoms in total. The number of carbonyl (C=O) groups is 2. The second-order valence-corrected chi connectivity index (χ2v) is 8.36. The minimum atomic E-state index is -0.482. The van der Waals surface area contributed by atoms with Gasteiger partial charge >= 0.3 is 0 Å². The lowest BCUT2D eigenvalue weighted by Gasteiger charge is -2.33. The van der Waals surface area contributed by atoms with Crippen molar-refractivity contribution >= 4 is 45.7 Å². The number of likely N-dealkylation sites (tertiary alicyclic amines) is 1. The van der Waals surface area contributed by atoms with Crippen molar-refractivity contribution in [2.24, 2.45) is 5.73 Å². The van der Waals surface area contributed by atoms with E-state index < -0.39 is 11.9 Å². The van der Waals surface area contributed by atoms with Gasteiger partial charge in [-0.3, -0.25) is 9.59 Å². The van der Waals surface area contributed by atoms with Gasteiger partial charge in [-0.1, -0.05) is 35.2 Å². The third kappa shape index (κ3) is 4.73. The minimum absolute atomic E-state index is 0.0816. The molecule has 138 valence electrons. The summed E-state index contributed by atoms with van der Waals surface area (Å²) in [4.78, 5) is 25.6. The fraction of sp³-hybridized carbons (Fsp3) is 0.412. The summed E-state index contributed by atoms with van der Waals surface area (Å²) in [7, 11) is 0. The lowest BCUT2D eigenvalue weighted by molar-refractivity contribution is -0.138. The number of hydrogen-bond acceptors (Lipinski definition) is 7. The Labute approximate surface area is 160 Å². The summed E-state index contributed by atoms with van der Waals surface area (Å²) < 4.78 is 0.709. The monoisotopic (exact) mass is 391 g/mol. The Morgan fingerprint density at radius 3 is 3.00 bits per heavy atom. The average molecular weight is 392 g/mol. The normalized spacial score (nSPS) is 17.1. The molecule has 1 atom stereocenters. The van der Waals surface area contributed by atoms with E-state index in [0.29, 0.717) is 22.4 Å². The Kier molecular flexibility index (Phi) is 6.10. The Bertz CT molecular complexity index is 795. The smallest absolute Gasteiger partial charge is 0.240 e. The molecule has 2 aromatic rings. The van der Waals surface area contributed by atoms with E-state index >= 15 is 0 Å². The molecular weight excluding hydrogens is 370 g/mol. The molecule has 1 aromatic heterocycles. The highest BCUT2D eigenvalue weighted by atomic mass is 32.2. The Morgan fingerprint density at radius 1 is 1.38 bits per heavy atom. The van der Waals surface area contributed by atoms with Gasteiger partial charge in [0.1, 0.15) is 6.04 Å². The second-order valence-electron chi connectivity index (χ2n) is 6.16. The number of benzene rings is 1. The van der Waals surface area contributed by atoms with Crippen LogP contribution in [0.2, 0.25) is 0 Å². The molecule has 9 heteroatoms. The molecule has 0 aliphatic carbocycles. The van der Waals surface area contributed by atoms with Crippen LogP contribution in [-0.2, 0) is 9.59 Å². The predicted octanol–water partition coefficient (Wildman–Crippen LogP) is 2.55. The van der Waals surface area contributed by atoms with Gasteiger partial charge in [-0.25, -0.2) is 0 Å². The Hall–Kier alpha value is -2.13. The maximum atomic E-state index is 12.5. The van der Waals surface area contributed by atoms with Crippen molar-refractivity contribution in [2.75, 3.05) is 17.6 Å². The first kappa shape index (κ1) is 18.7. The standard InChI is InChI=1S/C17H21N5O2S2/c1-11-5-4-6-12(9-11)19-16-20-21-17(26-16)25-10-14(23)22-8-3-2-7-13(22)15(18)24/h4-6,9,13H,2-3,7-8,10H2,1H3,(H2,18,24)(H,19,20)/t13-/m0/s1. The van der Waals surface area contributed by atoms with E-state index in [9.17, 15) is 9.59 Å². The number of nitrogens with one attached hydrogen (secondary N) is 1. The first-order valence-corrected chi connectivity index (χ1v) is 10.2. The zero-order valence-electron chi connectivity index (χ0n) is 14.5. The summed E-state index contributed by atoms with van der Waals surface area (Å²) in [5, 5.41) is 12.1. The van der Waals surface area contributed by atoms with Crippen LogP contribution in [0.4, 0.5) is 10.8 Å². The maximum absolute atomic E-state index is 12.5. The molecule has 3 rings (SSSR count). The zero-order chi connectivity index (χ0) is 18.5. The largest absolute Gasteiger partial charge is 0.368 e. The zero-order valence-corrected chi connectivity index (χ0v) is 16.1. The van der Waals surface area contributed by atoms with Crippen LogP contribution in [0.5, 0.6) is 0 Å². The quantitative estimate of drug-likeness (QED) is 0.734. The van der Waals surface area contributed by atoms with Crippen LogP contribution < -0.4 is 11.1 Å². The van der Waals surface area contributed by atoms with E-state index in [1.54, 1.807) is 4.90 Å². The summed E-state index contributed by atoms with van der Waals surface area (Å²) in [6, 6.07) is 7.51. The predicted molar refractivity (Wildman–Crippen MR) is 104 cm³/mol. The average Bonchev–Trinajstić information content (AvgIpc) is 3.07. The maximum Gasteiger partial charge on any atom is 0.240 e. The highest BCUT2D eigenvalue weighted by Crippen LogP contribution is 2.28. The summed E-state index contributed by atoms with van der Waals surface area (Å²) in [6.45, 7) is 2.61. The SMILES string of the molecule is Cc1cccc(Nc2nnc(SCC(=O)N3CCCC[C@H]3C(N)=O)s2)c1. The van der Waals surface area contributed by atoms with Crippen LogP contribution in [0, 0.1) is 6.92 Å². The van der Waals surface area contributed by atoms with Crippen molar-refractivity contribution in [1.82, 2.24) is 15.1 Å². The van der Waals surface area contributed by atoms with Crippen LogP contribution in [0.3, 0.4) is 0 Å². The van der Waals surface area contributed by atoms with Crippen molar-refractivity contribution in [3.63, 3.8) is 0 Å². The fourth-order valence-corrected chi connectivity index (χ4v) is 4.56. The lowest BCUT2D eigenvalue weighted by atomic mass is 10.0. The lowest BCUT2D eigenvalue weighted by Crippen LogP contribution is -2.51. The number of rotatable bonds is 6. The number of primary amides is 1. The molecular formula is C17H21N5O2S2. The van der Waals surface area contributed by atoms with Crippen molar-refractivity contribution in [2.45, 2.75) is 36.6 Å². The highest BCUT2D eigenvalue weighted by Gasteiger charge is 2.30. The molecule has 3 N–H and O–H groups in total. The second kappa shape index (κ2) is 8.50. The summed E-state index contributed by atoms with van der Waals surface area (Å²) in [6.07, 6.45) is 2.48. The van der Waals surface area contributed by atoms with Crippen LogP contribution in [-0.4, -0.2) is 45.3 Å². The topological polar surface area (TPSA) is 101 Å². The molecule has 1 fully saturated rings. The molecule has 0 saturated carbocycles. The van der Waals surface area contributed by atoms with E-state index in [0.717, 1.165) is 24.1 Å². The number of carbonyl (C=O) groups excluding carboxylic acids is 2. The number of nitrogens with two attached hydrogens (primary N) is 1. The first-order valence-electron chi connectivity index (χ1n) is 8.42. The molecule has 1 aromatic carbocycles. The first-order chi connectivity index (χ1) is 12.5. The number of thioether (sulfide) groups is 1. The molecule has 0 bridgehead atoms. The van der Waals surface area contributed by atoms with Gasteiger partial charge in [-0.15, -0.1) is 10.2 Å². The van der Waals surface area contributed by atoms with Gasteiger partial charge in [0, 0.05) is 12.2 Å². The fourth-order valence-electron chi connectivity index (χ4n) is 2.90. The summed E-state index contributed by atoms with van der Waals surface area (Å²) >= 11 is 2.73. The van der Waals surface area contributed by atoms with Gasteiger partial charge in [-0.2, -0.15) is 0 Å². The molecule has 0 spiro atoms. The van der Waals surface area contributed by atoms with E-state index in [4.69, 9.17) is 5.73 Å². The molecule has 1 aliphatic rings. The number of hydrogen-bond donors (Lipinski definition) is 2. The third-order valence-electron chi connectivity index (χ3n) is 4.15. The molecule has 0 unspecified atom stereocenters. The molecule has 26 heavy (non-hydrogen) atoms. The van der Waals surface area contributed by atoms with Gasteiger partial charge in [0.2, 0.25) is 16.9 Å². The number of nitrogens with zero attached hydrogens (tertiary/aromatic N) is 3. The number of piperidine rings is 1. The number of amides is 2. The Balaban J connectivity index is 1.55. The summed E-state index contributed by atoms with van der Waals surface area (Å²) in [5.41, 5.74) is 7.53. The van der Waals surface area contributed by atoms with Crippen LogP contribution in [0.15, 0.2) is 28.6 Å². The number of anilines is 2. The van der Waals surface area contributed by atoms with E-state index in [2.05, 4.69) is 15.5 Å². The Morgan fingerprint density at radius 2 is 2.23 bits per heavy atom. The van der Waals surface area contributed by atoms with Crippen molar-refractivity contribution < 1.29 is 9.59 Å². The number of aromatic nitrogens is 2. The molecule has 1 saturated heterocycles. The minimum Gasteiger partial charge on any atom is -0.368 e. The van der Waals surface area contributed by atoms with Crippen molar-refractivity contribution in [3.8, 4) is 0 Å². The number of aryl methyl sites for hydroxylation is 1. The third-order valence-corrected chi connectivity index (χ3v) is 6.10. The summed E-state index contributed by atoms with van der Waals surface area (Å²) in [5.74, 6) is -0.284.